The first kappa shape index (κ1) is 8.79. The van der Waals surface area contributed by atoms with Crippen LogP contribution in [0.3, 0.4) is 0 Å². The lowest BCUT2D eigenvalue weighted by Crippen LogP contribution is -2.12. The molecule has 0 atom stereocenters. The Balaban J connectivity index is 2.42. The van der Waals surface area contributed by atoms with Gasteiger partial charge in [-0.2, -0.15) is 0 Å². The lowest BCUT2D eigenvalue weighted by atomic mass is 9.85. The zero-order valence-electron chi connectivity index (χ0n) is 7.56. The van der Waals surface area contributed by atoms with E-state index >= 15 is 0 Å². The van der Waals surface area contributed by atoms with Crippen LogP contribution in [-0.4, -0.2) is 11.7 Å². The zero-order valence-corrected chi connectivity index (χ0v) is 7.56. The van der Waals surface area contributed by atoms with Crippen LogP contribution in [-0.2, 0) is 0 Å². The van der Waals surface area contributed by atoms with E-state index in [-0.39, 0.29) is 0 Å². The van der Waals surface area contributed by atoms with E-state index in [1.165, 1.54) is 31.3 Å². The molecule has 1 fully saturated rings. The molecule has 0 bridgehead atoms. The summed E-state index contributed by atoms with van der Waals surface area (Å²) in [6.45, 7) is 4.76. The molecule has 0 spiro atoms. The Labute approximate surface area is 69.1 Å². The first-order valence-electron chi connectivity index (χ1n) is 4.50. The predicted molar refractivity (Wildman–Crippen MR) is 47.4 cm³/mol. The highest BCUT2D eigenvalue weighted by Crippen LogP contribution is 2.29. The van der Waals surface area contributed by atoms with E-state index in [1.54, 1.807) is 5.57 Å². The van der Waals surface area contributed by atoms with Crippen LogP contribution in [0.2, 0.25) is 0 Å². The molecule has 0 aromatic carbocycles. The monoisotopic (exact) mass is 154 g/mol. The molecule has 64 valence electrons. The Bertz CT molecular complexity index is 144. The van der Waals surface area contributed by atoms with Gasteiger partial charge in [-0.15, -0.1) is 0 Å². The molecule has 1 aliphatic carbocycles. The average molecular weight is 154 g/mol. The van der Waals surface area contributed by atoms with Gasteiger partial charge >= 0.3 is 0 Å². The van der Waals surface area contributed by atoms with E-state index in [4.69, 9.17) is 5.11 Å². The number of rotatable bonds is 1. The first-order valence-corrected chi connectivity index (χ1v) is 4.50. The van der Waals surface area contributed by atoms with Crippen molar-refractivity contribution < 1.29 is 5.11 Å². The van der Waals surface area contributed by atoms with E-state index < -0.39 is 0 Å². The van der Waals surface area contributed by atoms with Crippen LogP contribution < -0.4 is 0 Å². The van der Waals surface area contributed by atoms with Crippen molar-refractivity contribution >= 4 is 0 Å². The number of hydrogen-bond acceptors (Lipinski definition) is 1. The summed E-state index contributed by atoms with van der Waals surface area (Å²) in [4.78, 5) is 0. The minimum atomic E-state index is 0.385. The Hall–Kier alpha value is -0.300. The Morgan fingerprint density at radius 1 is 1.36 bits per heavy atom. The lowest BCUT2D eigenvalue weighted by Gasteiger charge is -2.22. The van der Waals surface area contributed by atoms with E-state index in [9.17, 15) is 0 Å². The summed E-state index contributed by atoms with van der Waals surface area (Å²) >= 11 is 0. The van der Waals surface area contributed by atoms with E-state index in [2.05, 4.69) is 13.8 Å². The molecule has 0 radical (unpaired) electrons. The summed E-state index contributed by atoms with van der Waals surface area (Å²) in [5.41, 5.74) is 3.11. The van der Waals surface area contributed by atoms with E-state index in [1.807, 2.05) is 0 Å². The number of aliphatic hydroxyl groups excluding tert-OH is 1. The topological polar surface area (TPSA) is 20.2 Å². The number of allylic oxidation sites excluding steroid dienone is 2. The van der Waals surface area contributed by atoms with Gasteiger partial charge in [-0.05, 0) is 45.4 Å². The normalized spacial score (nSPS) is 25.4. The molecule has 1 rings (SSSR count). The first-order chi connectivity index (χ1) is 5.24. The van der Waals surface area contributed by atoms with Crippen LogP contribution in [0.15, 0.2) is 11.1 Å². The van der Waals surface area contributed by atoms with Crippen molar-refractivity contribution in [2.75, 3.05) is 6.61 Å². The lowest BCUT2D eigenvalue weighted by molar-refractivity contribution is 0.201. The van der Waals surface area contributed by atoms with E-state index in [0.717, 1.165) is 0 Å². The minimum absolute atomic E-state index is 0.385. The maximum atomic E-state index is 8.90. The largest absolute Gasteiger partial charge is 0.396 e. The second-order valence-electron chi connectivity index (χ2n) is 3.73. The van der Waals surface area contributed by atoms with Gasteiger partial charge in [0.2, 0.25) is 0 Å². The van der Waals surface area contributed by atoms with Crippen molar-refractivity contribution in [3.05, 3.63) is 11.1 Å². The highest BCUT2D eigenvalue weighted by atomic mass is 16.3. The van der Waals surface area contributed by atoms with Crippen molar-refractivity contribution in [2.45, 2.75) is 39.5 Å². The fourth-order valence-corrected chi connectivity index (χ4v) is 1.71. The second-order valence-corrected chi connectivity index (χ2v) is 3.73. The van der Waals surface area contributed by atoms with Gasteiger partial charge in [0, 0.05) is 6.61 Å². The van der Waals surface area contributed by atoms with Crippen LogP contribution in [0.25, 0.3) is 0 Å². The summed E-state index contributed by atoms with van der Waals surface area (Å²) in [6, 6.07) is 0. The molecular weight excluding hydrogens is 136 g/mol. The number of hydrogen-bond donors (Lipinski definition) is 1. The Morgan fingerprint density at radius 2 is 1.91 bits per heavy atom. The third-order valence-corrected chi connectivity index (χ3v) is 2.67. The summed E-state index contributed by atoms with van der Waals surface area (Å²) in [6.07, 6.45) is 4.81. The highest BCUT2D eigenvalue weighted by Gasteiger charge is 2.15. The van der Waals surface area contributed by atoms with Gasteiger partial charge in [-0.3, -0.25) is 0 Å². The van der Waals surface area contributed by atoms with Gasteiger partial charge in [0.25, 0.3) is 0 Å². The highest BCUT2D eigenvalue weighted by molar-refractivity contribution is 5.11. The Morgan fingerprint density at radius 3 is 2.27 bits per heavy atom. The quantitative estimate of drug-likeness (QED) is 0.575. The third-order valence-electron chi connectivity index (χ3n) is 2.67. The SMILES string of the molecule is CC(C)=C1CCC(CO)CC1. The molecule has 1 N–H and O–H groups in total. The van der Waals surface area contributed by atoms with Crippen LogP contribution in [0.1, 0.15) is 39.5 Å². The molecule has 0 saturated heterocycles. The van der Waals surface area contributed by atoms with Crippen molar-refractivity contribution in [1.29, 1.82) is 0 Å². The molecule has 1 heteroatoms. The van der Waals surface area contributed by atoms with Crippen molar-refractivity contribution in [1.82, 2.24) is 0 Å². The standard InChI is InChI=1S/C10H18O/c1-8(2)10-5-3-9(7-11)4-6-10/h9,11H,3-7H2,1-2H3. The summed E-state index contributed by atoms with van der Waals surface area (Å²) in [7, 11) is 0. The summed E-state index contributed by atoms with van der Waals surface area (Å²) < 4.78 is 0. The summed E-state index contributed by atoms with van der Waals surface area (Å²) in [5, 5.41) is 8.90. The van der Waals surface area contributed by atoms with Crippen LogP contribution >= 0.6 is 0 Å². The fourth-order valence-electron chi connectivity index (χ4n) is 1.71. The van der Waals surface area contributed by atoms with Gasteiger partial charge in [-0.25, -0.2) is 0 Å². The molecule has 1 aliphatic rings. The van der Waals surface area contributed by atoms with Crippen LogP contribution in [0, 0.1) is 5.92 Å². The smallest absolute Gasteiger partial charge is 0.0459 e. The van der Waals surface area contributed by atoms with Crippen molar-refractivity contribution in [3.8, 4) is 0 Å². The molecule has 0 heterocycles. The molecule has 0 aliphatic heterocycles. The maximum Gasteiger partial charge on any atom is 0.0459 e. The van der Waals surface area contributed by atoms with Crippen LogP contribution in [0.5, 0.6) is 0 Å². The van der Waals surface area contributed by atoms with Gasteiger partial charge in [-0.1, -0.05) is 11.1 Å². The summed E-state index contributed by atoms with van der Waals surface area (Å²) in [5.74, 6) is 0.582. The molecule has 1 nitrogen and oxygen atoms in total. The minimum Gasteiger partial charge on any atom is -0.396 e. The van der Waals surface area contributed by atoms with E-state index in [0.29, 0.717) is 12.5 Å². The zero-order chi connectivity index (χ0) is 8.27. The number of aliphatic hydroxyl groups is 1. The molecule has 1 saturated carbocycles. The molecule has 0 aromatic heterocycles. The third kappa shape index (κ3) is 2.33. The maximum absolute atomic E-state index is 8.90. The molecule has 0 amide bonds. The van der Waals surface area contributed by atoms with Crippen molar-refractivity contribution in [2.24, 2.45) is 5.92 Å². The average Bonchev–Trinajstić information content (AvgIpc) is 2.05. The second kappa shape index (κ2) is 3.91. The Kier molecular flexibility index (Phi) is 3.13. The van der Waals surface area contributed by atoms with Gasteiger partial charge in [0.1, 0.15) is 0 Å². The fraction of sp³-hybridized carbons (Fsp3) is 0.800. The van der Waals surface area contributed by atoms with Gasteiger partial charge in [0.05, 0.1) is 0 Å². The molecular formula is C10H18O. The predicted octanol–water partition coefficient (Wildman–Crippen LogP) is 2.51. The molecule has 11 heavy (non-hydrogen) atoms. The molecule has 0 unspecified atom stereocenters. The van der Waals surface area contributed by atoms with Gasteiger partial charge < -0.3 is 5.11 Å². The van der Waals surface area contributed by atoms with Gasteiger partial charge in [0.15, 0.2) is 0 Å². The van der Waals surface area contributed by atoms with Crippen molar-refractivity contribution in [3.63, 3.8) is 0 Å². The molecule has 0 aromatic rings. The van der Waals surface area contributed by atoms with Crippen LogP contribution in [0.4, 0.5) is 0 Å².